The number of hydrogen-bond acceptors (Lipinski definition) is 3. The van der Waals surface area contributed by atoms with Gasteiger partial charge in [0.1, 0.15) is 0 Å². The summed E-state index contributed by atoms with van der Waals surface area (Å²) >= 11 is 0. The lowest BCUT2D eigenvalue weighted by Crippen LogP contribution is -2.31. The summed E-state index contributed by atoms with van der Waals surface area (Å²) in [7, 11) is 0. The fourth-order valence-electron chi connectivity index (χ4n) is 1.15. The van der Waals surface area contributed by atoms with Gasteiger partial charge in [-0.15, -0.1) is 0 Å². The zero-order chi connectivity index (χ0) is 12.3. The number of carbonyl (C=O) groups excluding carboxylic acids is 1. The Kier molecular flexibility index (Phi) is 3.53. The largest absolute Gasteiger partial charge is 0.419 e. The number of hydrazine groups is 1. The van der Waals surface area contributed by atoms with Crippen molar-refractivity contribution < 1.29 is 18.0 Å². The number of nitrogens with one attached hydrogen (secondary N) is 1. The molecule has 90 valence electrons. The molecule has 16 heavy (non-hydrogen) atoms. The minimum atomic E-state index is -4.42. The molecule has 1 amide bonds. The molecule has 0 aliphatic carbocycles. The molecule has 1 aromatic heterocycles. The predicted molar refractivity (Wildman–Crippen MR) is 48.9 cm³/mol. The van der Waals surface area contributed by atoms with Crippen LogP contribution in [0.3, 0.4) is 0 Å². The van der Waals surface area contributed by atoms with E-state index in [0.29, 0.717) is 0 Å². The summed E-state index contributed by atoms with van der Waals surface area (Å²) in [5.74, 6) is 4.40. The van der Waals surface area contributed by atoms with Crippen LogP contribution in [0.5, 0.6) is 0 Å². The molecule has 0 aliphatic rings. The van der Waals surface area contributed by atoms with Crippen molar-refractivity contribution in [1.29, 1.82) is 0 Å². The molecule has 0 bridgehead atoms. The lowest BCUT2D eigenvalue weighted by molar-refractivity contribution is -0.137. The van der Waals surface area contributed by atoms with E-state index in [4.69, 9.17) is 5.84 Å². The standard InChI is InChI=1S/C8H11F3N4O/c1-5(2-7(16)14-12)15-4-6(3-13-15)8(9,10)11/h3-5H,2,12H2,1H3,(H,14,16). The van der Waals surface area contributed by atoms with Crippen LogP contribution in [0, 0.1) is 0 Å². The Hall–Kier alpha value is -1.57. The molecule has 8 heteroatoms. The van der Waals surface area contributed by atoms with Gasteiger partial charge < -0.3 is 0 Å². The number of aromatic nitrogens is 2. The van der Waals surface area contributed by atoms with Crippen molar-refractivity contribution in [3.8, 4) is 0 Å². The molecule has 3 N–H and O–H groups in total. The molecule has 1 heterocycles. The number of halogens is 3. The maximum Gasteiger partial charge on any atom is 0.419 e. The van der Waals surface area contributed by atoms with Crippen molar-refractivity contribution in [2.75, 3.05) is 0 Å². The summed E-state index contributed by atoms with van der Waals surface area (Å²) in [5, 5.41) is 3.55. The molecule has 1 unspecified atom stereocenters. The number of carbonyl (C=O) groups is 1. The molecule has 0 fully saturated rings. The number of nitrogens with two attached hydrogens (primary N) is 1. The number of amides is 1. The second kappa shape index (κ2) is 4.52. The lowest BCUT2D eigenvalue weighted by atomic mass is 10.2. The van der Waals surface area contributed by atoms with Gasteiger partial charge in [0.05, 0.1) is 24.2 Å². The van der Waals surface area contributed by atoms with Gasteiger partial charge in [-0.25, -0.2) is 5.84 Å². The highest BCUT2D eigenvalue weighted by Crippen LogP contribution is 2.29. The normalized spacial score (nSPS) is 13.6. The van der Waals surface area contributed by atoms with Crippen LogP contribution in [0.15, 0.2) is 12.4 Å². The Balaban J connectivity index is 2.74. The van der Waals surface area contributed by atoms with Gasteiger partial charge in [-0.1, -0.05) is 0 Å². The van der Waals surface area contributed by atoms with Crippen LogP contribution in [0.4, 0.5) is 13.2 Å². The SMILES string of the molecule is CC(CC(=O)NN)n1cc(C(F)(F)F)cn1. The number of hydrogen-bond donors (Lipinski definition) is 2. The van der Waals surface area contributed by atoms with E-state index in [1.165, 1.54) is 0 Å². The quantitative estimate of drug-likeness (QED) is 0.464. The summed E-state index contributed by atoms with van der Waals surface area (Å²) in [6.07, 6.45) is -2.88. The molecule has 0 aromatic carbocycles. The van der Waals surface area contributed by atoms with E-state index in [2.05, 4.69) is 5.10 Å². The topological polar surface area (TPSA) is 72.9 Å². The Morgan fingerprint density at radius 3 is 2.75 bits per heavy atom. The van der Waals surface area contributed by atoms with E-state index in [1.807, 2.05) is 5.43 Å². The molecular weight excluding hydrogens is 225 g/mol. The van der Waals surface area contributed by atoms with E-state index < -0.39 is 23.7 Å². The second-order valence-electron chi connectivity index (χ2n) is 3.33. The van der Waals surface area contributed by atoms with Gasteiger partial charge in [0, 0.05) is 6.20 Å². The van der Waals surface area contributed by atoms with Crippen molar-refractivity contribution in [2.24, 2.45) is 5.84 Å². The minimum absolute atomic E-state index is 0.0323. The number of rotatable bonds is 3. The monoisotopic (exact) mass is 236 g/mol. The summed E-state index contributed by atoms with van der Waals surface area (Å²) in [4.78, 5) is 10.9. The van der Waals surface area contributed by atoms with Gasteiger partial charge >= 0.3 is 6.18 Å². The number of alkyl halides is 3. The maximum atomic E-state index is 12.2. The minimum Gasteiger partial charge on any atom is -0.294 e. The third-order valence-electron chi connectivity index (χ3n) is 2.02. The van der Waals surface area contributed by atoms with Gasteiger partial charge in [0.2, 0.25) is 5.91 Å². The molecule has 1 rings (SSSR count). The van der Waals surface area contributed by atoms with E-state index in [0.717, 1.165) is 17.1 Å². The van der Waals surface area contributed by atoms with Gasteiger partial charge in [-0.2, -0.15) is 18.3 Å². The van der Waals surface area contributed by atoms with Crippen molar-refractivity contribution in [2.45, 2.75) is 25.6 Å². The molecule has 0 spiro atoms. The first-order valence-electron chi connectivity index (χ1n) is 4.45. The van der Waals surface area contributed by atoms with E-state index >= 15 is 0 Å². The van der Waals surface area contributed by atoms with Crippen LogP contribution in [0.1, 0.15) is 24.9 Å². The van der Waals surface area contributed by atoms with Crippen LogP contribution in [0.25, 0.3) is 0 Å². The molecule has 5 nitrogen and oxygen atoms in total. The molecular formula is C8H11F3N4O. The summed E-state index contributed by atoms with van der Waals surface area (Å²) < 4.78 is 37.8. The van der Waals surface area contributed by atoms with E-state index in [-0.39, 0.29) is 6.42 Å². The maximum absolute atomic E-state index is 12.2. The van der Waals surface area contributed by atoms with E-state index in [9.17, 15) is 18.0 Å². The molecule has 0 saturated heterocycles. The highest BCUT2D eigenvalue weighted by atomic mass is 19.4. The van der Waals surface area contributed by atoms with Crippen LogP contribution in [-0.4, -0.2) is 15.7 Å². The Morgan fingerprint density at radius 1 is 1.69 bits per heavy atom. The number of nitrogens with zero attached hydrogens (tertiary/aromatic N) is 2. The van der Waals surface area contributed by atoms with Crippen LogP contribution >= 0.6 is 0 Å². The molecule has 0 radical (unpaired) electrons. The third kappa shape index (κ3) is 2.96. The summed E-state index contributed by atoms with van der Waals surface area (Å²) in [6.45, 7) is 1.57. The average Bonchev–Trinajstić information content (AvgIpc) is 2.65. The smallest absolute Gasteiger partial charge is 0.294 e. The van der Waals surface area contributed by atoms with Crippen LogP contribution in [-0.2, 0) is 11.0 Å². The molecule has 1 aromatic rings. The van der Waals surface area contributed by atoms with Crippen molar-refractivity contribution >= 4 is 5.91 Å². The zero-order valence-corrected chi connectivity index (χ0v) is 8.45. The second-order valence-corrected chi connectivity index (χ2v) is 3.33. The van der Waals surface area contributed by atoms with Crippen molar-refractivity contribution in [3.63, 3.8) is 0 Å². The van der Waals surface area contributed by atoms with Gasteiger partial charge in [0.25, 0.3) is 0 Å². The highest BCUT2D eigenvalue weighted by molar-refractivity contribution is 5.75. The van der Waals surface area contributed by atoms with E-state index in [1.54, 1.807) is 6.92 Å². The molecule has 1 atom stereocenters. The Labute approximate surface area is 89.4 Å². The van der Waals surface area contributed by atoms with Gasteiger partial charge in [-0.3, -0.25) is 14.9 Å². The third-order valence-corrected chi connectivity index (χ3v) is 2.02. The average molecular weight is 236 g/mol. The van der Waals surface area contributed by atoms with Crippen LogP contribution < -0.4 is 11.3 Å². The summed E-state index contributed by atoms with van der Waals surface area (Å²) in [6, 6.07) is -0.486. The first kappa shape index (κ1) is 12.5. The van der Waals surface area contributed by atoms with Crippen molar-refractivity contribution in [3.05, 3.63) is 18.0 Å². The van der Waals surface area contributed by atoms with Crippen molar-refractivity contribution in [1.82, 2.24) is 15.2 Å². The summed E-state index contributed by atoms with van der Waals surface area (Å²) in [5.41, 5.74) is 1.06. The first-order chi connectivity index (χ1) is 7.34. The molecule has 0 saturated carbocycles. The van der Waals surface area contributed by atoms with Gasteiger partial charge in [0.15, 0.2) is 0 Å². The zero-order valence-electron chi connectivity index (χ0n) is 8.45. The van der Waals surface area contributed by atoms with Crippen LogP contribution in [0.2, 0.25) is 0 Å². The Bertz CT molecular complexity index is 374. The Morgan fingerprint density at radius 2 is 2.31 bits per heavy atom. The fraction of sp³-hybridized carbons (Fsp3) is 0.500. The fourth-order valence-corrected chi connectivity index (χ4v) is 1.15. The van der Waals surface area contributed by atoms with Gasteiger partial charge in [-0.05, 0) is 6.92 Å². The highest BCUT2D eigenvalue weighted by Gasteiger charge is 2.32. The lowest BCUT2D eigenvalue weighted by Gasteiger charge is -2.10. The first-order valence-corrected chi connectivity index (χ1v) is 4.45. The predicted octanol–water partition coefficient (Wildman–Crippen LogP) is 0.843. The molecule has 0 aliphatic heterocycles.